The van der Waals surface area contributed by atoms with Gasteiger partial charge in [0.05, 0.1) is 18.3 Å². The van der Waals surface area contributed by atoms with Gasteiger partial charge in [-0.25, -0.2) is 17.5 Å². The molecule has 2 heterocycles. The number of methoxy groups -OCH3 is 1. The Labute approximate surface area is 117 Å². The van der Waals surface area contributed by atoms with Gasteiger partial charge in [0.25, 0.3) is 0 Å². The topological polar surface area (TPSA) is 80.3 Å². The molecular weight excluding hydrogens is 285 g/mol. The minimum atomic E-state index is -3.77. The zero-order valence-corrected chi connectivity index (χ0v) is 12.0. The van der Waals surface area contributed by atoms with Crippen molar-refractivity contribution in [1.29, 1.82) is 0 Å². The summed E-state index contributed by atoms with van der Waals surface area (Å²) in [6.45, 7) is 1.43. The molecule has 1 atom stereocenters. The number of sulfonamides is 1. The van der Waals surface area contributed by atoms with E-state index in [-0.39, 0.29) is 11.4 Å². The number of rotatable bonds is 6. The number of aromatic nitrogens is 1. The van der Waals surface area contributed by atoms with Gasteiger partial charge < -0.3 is 10.1 Å². The van der Waals surface area contributed by atoms with E-state index in [0.29, 0.717) is 6.61 Å². The van der Waals surface area contributed by atoms with Crippen LogP contribution in [0.2, 0.25) is 0 Å². The van der Waals surface area contributed by atoms with Gasteiger partial charge in [0.2, 0.25) is 10.0 Å². The van der Waals surface area contributed by atoms with Crippen LogP contribution in [0.1, 0.15) is 12.8 Å². The Hall–Kier alpha value is -1.09. The quantitative estimate of drug-likeness (QED) is 0.788. The molecule has 112 valence electrons. The minimum Gasteiger partial charge on any atom is -0.383 e. The summed E-state index contributed by atoms with van der Waals surface area (Å²) in [5, 5.41) is 3.26. The first kappa shape index (κ1) is 15.3. The largest absolute Gasteiger partial charge is 0.383 e. The fourth-order valence-corrected chi connectivity index (χ4v) is 3.43. The maximum absolute atomic E-state index is 13.0. The summed E-state index contributed by atoms with van der Waals surface area (Å²) < 4.78 is 44.9. The van der Waals surface area contributed by atoms with E-state index in [1.54, 1.807) is 7.11 Å². The highest BCUT2D eigenvalue weighted by molar-refractivity contribution is 7.89. The number of hydrogen-bond donors (Lipinski definition) is 2. The van der Waals surface area contributed by atoms with Crippen molar-refractivity contribution in [3.8, 4) is 0 Å². The van der Waals surface area contributed by atoms with Crippen molar-refractivity contribution >= 4 is 10.0 Å². The van der Waals surface area contributed by atoms with Crippen LogP contribution in [0.4, 0.5) is 4.39 Å². The standard InChI is InChI=1S/C12H18FN3O3S/c1-19-9-12(3-2-4-15-12)8-16-20(17,18)11-5-10(13)6-14-7-11/h5-7,15-16H,2-4,8-9H2,1H3. The van der Waals surface area contributed by atoms with Crippen LogP contribution in [-0.2, 0) is 14.8 Å². The highest BCUT2D eigenvalue weighted by Gasteiger charge is 2.34. The highest BCUT2D eigenvalue weighted by Crippen LogP contribution is 2.20. The SMILES string of the molecule is COCC1(CNS(=O)(=O)c2cncc(F)c2)CCCN1. The molecule has 1 saturated heterocycles. The zero-order chi connectivity index (χ0) is 14.6. The highest BCUT2D eigenvalue weighted by atomic mass is 32.2. The maximum Gasteiger partial charge on any atom is 0.242 e. The molecule has 0 bridgehead atoms. The molecule has 0 amide bonds. The van der Waals surface area contributed by atoms with Crippen molar-refractivity contribution in [2.75, 3.05) is 26.8 Å². The number of hydrogen-bond acceptors (Lipinski definition) is 5. The summed E-state index contributed by atoms with van der Waals surface area (Å²) in [6.07, 6.45) is 3.87. The predicted octanol–water partition coefficient (Wildman–Crippen LogP) is 0.268. The van der Waals surface area contributed by atoms with Gasteiger partial charge in [0, 0.05) is 19.9 Å². The van der Waals surface area contributed by atoms with Crippen LogP contribution in [0.5, 0.6) is 0 Å². The van der Waals surface area contributed by atoms with Crippen molar-refractivity contribution < 1.29 is 17.5 Å². The van der Waals surface area contributed by atoms with E-state index in [0.717, 1.165) is 37.8 Å². The molecule has 6 nitrogen and oxygen atoms in total. The van der Waals surface area contributed by atoms with Crippen molar-refractivity contribution in [3.63, 3.8) is 0 Å². The van der Waals surface area contributed by atoms with Crippen LogP contribution in [0.25, 0.3) is 0 Å². The Morgan fingerprint density at radius 2 is 2.35 bits per heavy atom. The lowest BCUT2D eigenvalue weighted by Gasteiger charge is -2.28. The van der Waals surface area contributed by atoms with E-state index in [2.05, 4.69) is 15.0 Å². The van der Waals surface area contributed by atoms with E-state index in [1.807, 2.05) is 0 Å². The summed E-state index contributed by atoms with van der Waals surface area (Å²) in [6, 6.07) is 0.945. The summed E-state index contributed by atoms with van der Waals surface area (Å²) in [4.78, 5) is 3.37. The molecule has 0 saturated carbocycles. The van der Waals surface area contributed by atoms with Crippen LogP contribution in [0, 0.1) is 5.82 Å². The number of nitrogens with one attached hydrogen (secondary N) is 2. The van der Waals surface area contributed by atoms with E-state index >= 15 is 0 Å². The van der Waals surface area contributed by atoms with Crippen molar-refractivity contribution in [1.82, 2.24) is 15.0 Å². The average molecular weight is 303 g/mol. The van der Waals surface area contributed by atoms with Gasteiger partial charge in [-0.05, 0) is 25.5 Å². The minimum absolute atomic E-state index is 0.178. The van der Waals surface area contributed by atoms with Gasteiger partial charge in [-0.1, -0.05) is 0 Å². The normalized spacial score (nSPS) is 23.1. The van der Waals surface area contributed by atoms with Crippen molar-refractivity contribution in [3.05, 3.63) is 24.3 Å². The molecule has 1 aliphatic heterocycles. The Bertz CT molecular complexity index is 559. The monoisotopic (exact) mass is 303 g/mol. The fraction of sp³-hybridized carbons (Fsp3) is 0.583. The molecule has 1 aliphatic rings. The average Bonchev–Trinajstić information content (AvgIpc) is 2.86. The smallest absolute Gasteiger partial charge is 0.242 e. The maximum atomic E-state index is 13.0. The summed E-state index contributed by atoms with van der Waals surface area (Å²) in [7, 11) is -2.20. The molecule has 0 spiro atoms. The Morgan fingerprint density at radius 3 is 2.95 bits per heavy atom. The van der Waals surface area contributed by atoms with Crippen molar-refractivity contribution in [2.45, 2.75) is 23.3 Å². The molecule has 0 radical (unpaired) electrons. The molecule has 20 heavy (non-hydrogen) atoms. The van der Waals surface area contributed by atoms with Crippen LogP contribution in [0.3, 0.4) is 0 Å². The summed E-state index contributed by atoms with van der Waals surface area (Å²) in [5.41, 5.74) is -0.400. The first-order valence-electron chi connectivity index (χ1n) is 6.32. The predicted molar refractivity (Wildman–Crippen MR) is 71.2 cm³/mol. The Balaban J connectivity index is 2.08. The van der Waals surface area contributed by atoms with E-state index in [9.17, 15) is 12.8 Å². The number of ether oxygens (including phenoxy) is 1. The summed E-state index contributed by atoms with van der Waals surface area (Å²) in [5.74, 6) is -0.682. The number of pyridine rings is 1. The molecule has 1 unspecified atom stereocenters. The van der Waals surface area contributed by atoms with Gasteiger partial charge in [0.15, 0.2) is 0 Å². The van der Waals surface area contributed by atoms with E-state index in [4.69, 9.17) is 4.74 Å². The first-order chi connectivity index (χ1) is 9.47. The third-order valence-corrected chi connectivity index (χ3v) is 4.71. The lowest BCUT2D eigenvalue weighted by atomic mass is 9.99. The molecule has 0 aliphatic carbocycles. The second-order valence-corrected chi connectivity index (χ2v) is 6.67. The van der Waals surface area contributed by atoms with Crippen molar-refractivity contribution in [2.24, 2.45) is 0 Å². The Morgan fingerprint density at radius 1 is 1.55 bits per heavy atom. The molecule has 2 N–H and O–H groups in total. The lowest BCUT2D eigenvalue weighted by molar-refractivity contribution is 0.122. The molecule has 8 heteroatoms. The number of nitrogens with zero attached hydrogens (tertiary/aromatic N) is 1. The van der Waals surface area contributed by atoms with Gasteiger partial charge >= 0.3 is 0 Å². The van der Waals surface area contributed by atoms with Crippen LogP contribution < -0.4 is 10.0 Å². The van der Waals surface area contributed by atoms with Gasteiger partial charge in [0.1, 0.15) is 10.7 Å². The van der Waals surface area contributed by atoms with Gasteiger partial charge in [-0.15, -0.1) is 0 Å². The third kappa shape index (κ3) is 3.51. The van der Waals surface area contributed by atoms with Gasteiger partial charge in [-0.2, -0.15) is 0 Å². The van der Waals surface area contributed by atoms with E-state index in [1.165, 1.54) is 0 Å². The van der Waals surface area contributed by atoms with E-state index < -0.39 is 21.4 Å². The molecular formula is C12H18FN3O3S. The molecule has 1 aromatic rings. The number of halogens is 1. The molecule has 1 fully saturated rings. The molecule has 1 aromatic heterocycles. The molecule has 0 aromatic carbocycles. The van der Waals surface area contributed by atoms with Gasteiger partial charge in [-0.3, -0.25) is 4.98 Å². The zero-order valence-electron chi connectivity index (χ0n) is 11.2. The summed E-state index contributed by atoms with van der Waals surface area (Å²) >= 11 is 0. The molecule has 2 rings (SSSR count). The fourth-order valence-electron chi connectivity index (χ4n) is 2.33. The van der Waals surface area contributed by atoms with Crippen LogP contribution >= 0.6 is 0 Å². The van der Waals surface area contributed by atoms with Crippen LogP contribution in [-0.4, -0.2) is 45.7 Å². The third-order valence-electron chi connectivity index (χ3n) is 3.34. The first-order valence-corrected chi connectivity index (χ1v) is 7.80. The van der Waals surface area contributed by atoms with Crippen LogP contribution in [0.15, 0.2) is 23.4 Å². The second-order valence-electron chi connectivity index (χ2n) is 4.91. The second kappa shape index (κ2) is 6.13. The Kier molecular flexibility index (Phi) is 4.69. The lowest BCUT2D eigenvalue weighted by Crippen LogP contribution is -2.52.